The van der Waals surface area contributed by atoms with Gasteiger partial charge in [-0.15, -0.1) is 0 Å². The van der Waals surface area contributed by atoms with Gasteiger partial charge in [0, 0.05) is 5.69 Å². The first-order valence-electron chi connectivity index (χ1n) is 6.39. The highest BCUT2D eigenvalue weighted by molar-refractivity contribution is 5.68. The summed E-state index contributed by atoms with van der Waals surface area (Å²) < 4.78 is 0.544. The van der Waals surface area contributed by atoms with Gasteiger partial charge < -0.3 is 10.5 Å². The molecule has 0 saturated carbocycles. The van der Waals surface area contributed by atoms with Gasteiger partial charge in [-0.25, -0.2) is 0 Å². The van der Waals surface area contributed by atoms with E-state index < -0.39 is 4.92 Å². The average molecular weight is 271 g/mol. The Labute approximate surface area is 115 Å². The molecule has 0 amide bonds. The zero-order chi connectivity index (χ0) is 14.1. The minimum atomic E-state index is -0.504. The van der Waals surface area contributed by atoms with E-state index in [9.17, 15) is 15.3 Å². The molecule has 1 aliphatic carbocycles. The number of benzene rings is 1. The predicted molar refractivity (Wildman–Crippen MR) is 73.8 cm³/mol. The van der Waals surface area contributed by atoms with E-state index in [1.807, 2.05) is 18.2 Å². The summed E-state index contributed by atoms with van der Waals surface area (Å²) >= 11 is 0. The minimum Gasteiger partial charge on any atom is -0.619 e. The van der Waals surface area contributed by atoms with E-state index in [-0.39, 0.29) is 11.4 Å². The average Bonchev–Trinajstić information content (AvgIpc) is 2.85. The van der Waals surface area contributed by atoms with Crippen LogP contribution < -0.4 is 10.0 Å². The number of nitro groups is 1. The van der Waals surface area contributed by atoms with Gasteiger partial charge in [-0.05, 0) is 42.5 Å². The molecule has 20 heavy (non-hydrogen) atoms. The van der Waals surface area contributed by atoms with Gasteiger partial charge in [0.15, 0.2) is 11.9 Å². The molecule has 0 fully saturated rings. The molecule has 1 heterocycles. The molecule has 0 aliphatic heterocycles. The lowest BCUT2D eigenvalue weighted by Gasteiger charge is -2.08. The van der Waals surface area contributed by atoms with Crippen molar-refractivity contribution < 1.29 is 9.65 Å². The third-order valence-electron chi connectivity index (χ3n) is 3.49. The normalized spacial score (nSPS) is 13.0. The van der Waals surface area contributed by atoms with Crippen LogP contribution in [0.1, 0.15) is 17.5 Å². The topological polar surface area (TPSA) is 82.1 Å². The summed E-state index contributed by atoms with van der Waals surface area (Å²) in [5.41, 5.74) is 3.45. The molecule has 102 valence electrons. The first kappa shape index (κ1) is 12.4. The first-order valence-corrected chi connectivity index (χ1v) is 6.39. The largest absolute Gasteiger partial charge is 0.619 e. The Hall–Kier alpha value is -2.63. The number of hydrogen-bond acceptors (Lipinski definition) is 4. The molecule has 0 atom stereocenters. The molecule has 0 saturated heterocycles. The first-order chi connectivity index (χ1) is 9.63. The second kappa shape index (κ2) is 4.80. The Morgan fingerprint density at radius 1 is 1.20 bits per heavy atom. The number of aryl methyl sites for hydroxylation is 2. The van der Waals surface area contributed by atoms with Crippen LogP contribution in [-0.2, 0) is 12.8 Å². The molecule has 0 radical (unpaired) electrons. The highest BCUT2D eigenvalue weighted by atomic mass is 16.6. The smallest absolute Gasteiger partial charge is 0.304 e. The number of pyridine rings is 1. The number of nitrogens with zero attached hydrogens (tertiary/aromatic N) is 2. The van der Waals surface area contributed by atoms with Crippen LogP contribution in [0.3, 0.4) is 0 Å². The molecule has 6 heteroatoms. The van der Waals surface area contributed by atoms with Gasteiger partial charge in [0.25, 0.3) is 0 Å². The van der Waals surface area contributed by atoms with Gasteiger partial charge in [0.2, 0.25) is 6.20 Å². The summed E-state index contributed by atoms with van der Waals surface area (Å²) in [7, 11) is 0. The molecule has 6 nitrogen and oxygen atoms in total. The van der Waals surface area contributed by atoms with Crippen molar-refractivity contribution in [2.45, 2.75) is 19.3 Å². The van der Waals surface area contributed by atoms with E-state index in [4.69, 9.17) is 0 Å². The molecule has 1 N–H and O–H groups in total. The number of hydrogen-bond donors (Lipinski definition) is 1. The lowest BCUT2D eigenvalue weighted by atomic mass is 10.1. The van der Waals surface area contributed by atoms with Crippen LogP contribution in [0.15, 0.2) is 36.7 Å². The van der Waals surface area contributed by atoms with Gasteiger partial charge in [-0.3, -0.25) is 10.1 Å². The maximum Gasteiger partial charge on any atom is 0.304 e. The van der Waals surface area contributed by atoms with Gasteiger partial charge in [-0.2, -0.15) is 4.73 Å². The van der Waals surface area contributed by atoms with E-state index in [1.54, 1.807) is 0 Å². The number of rotatable bonds is 3. The predicted octanol–water partition coefficient (Wildman–Crippen LogP) is 2.46. The highest BCUT2D eigenvalue weighted by Gasteiger charge is 2.18. The van der Waals surface area contributed by atoms with E-state index in [0.29, 0.717) is 4.73 Å². The number of fused-ring (bicyclic) bond motifs is 1. The number of aromatic nitrogens is 1. The standard InChI is InChI=1S/C14H13N3O3/c18-16-7-6-14(17(19)20)13(9-16)15-12-5-4-10-2-1-3-11(10)8-12/h4-9,15H,1-3H2. The summed E-state index contributed by atoms with van der Waals surface area (Å²) in [6, 6.07) is 7.11. The molecule has 1 aromatic heterocycles. The van der Waals surface area contributed by atoms with E-state index in [0.717, 1.165) is 31.1 Å². The fourth-order valence-electron chi connectivity index (χ4n) is 2.53. The fraction of sp³-hybridized carbons (Fsp3) is 0.214. The van der Waals surface area contributed by atoms with Crippen molar-refractivity contribution in [1.29, 1.82) is 0 Å². The van der Waals surface area contributed by atoms with E-state index >= 15 is 0 Å². The van der Waals surface area contributed by atoms with E-state index in [1.165, 1.54) is 23.4 Å². The van der Waals surface area contributed by atoms with Crippen LogP contribution >= 0.6 is 0 Å². The van der Waals surface area contributed by atoms with Crippen molar-refractivity contribution in [3.8, 4) is 0 Å². The van der Waals surface area contributed by atoms with Gasteiger partial charge in [0.1, 0.15) is 0 Å². The molecular weight excluding hydrogens is 258 g/mol. The Balaban J connectivity index is 1.95. The SMILES string of the molecule is O=[N+]([O-])c1cc[n+]([O-])cc1Nc1ccc2c(c1)CCC2. The van der Waals surface area contributed by atoms with Crippen molar-refractivity contribution in [3.05, 3.63) is 63.1 Å². The third-order valence-corrected chi connectivity index (χ3v) is 3.49. The number of anilines is 2. The molecule has 3 rings (SSSR count). The van der Waals surface area contributed by atoms with E-state index in [2.05, 4.69) is 5.32 Å². The van der Waals surface area contributed by atoms with Crippen LogP contribution in [0.2, 0.25) is 0 Å². The number of nitrogens with one attached hydrogen (secondary N) is 1. The van der Waals surface area contributed by atoms with Gasteiger partial charge >= 0.3 is 5.69 Å². The van der Waals surface area contributed by atoms with Crippen molar-refractivity contribution in [1.82, 2.24) is 0 Å². The third kappa shape index (κ3) is 2.27. The molecular formula is C14H13N3O3. The summed E-state index contributed by atoms with van der Waals surface area (Å²) in [6.07, 6.45) is 5.55. The van der Waals surface area contributed by atoms with Crippen LogP contribution in [0, 0.1) is 15.3 Å². The molecule has 0 bridgehead atoms. The fourth-order valence-corrected chi connectivity index (χ4v) is 2.53. The monoisotopic (exact) mass is 271 g/mol. The van der Waals surface area contributed by atoms with Crippen molar-refractivity contribution >= 4 is 17.1 Å². The molecule has 0 unspecified atom stereocenters. The maximum atomic E-state index is 11.3. The summed E-state index contributed by atoms with van der Waals surface area (Å²) in [5.74, 6) is 0. The summed E-state index contributed by atoms with van der Waals surface area (Å²) in [6.45, 7) is 0. The molecule has 0 spiro atoms. The lowest BCUT2D eigenvalue weighted by molar-refractivity contribution is -0.605. The lowest BCUT2D eigenvalue weighted by Crippen LogP contribution is -2.25. The Morgan fingerprint density at radius 2 is 2.00 bits per heavy atom. The second-order valence-electron chi connectivity index (χ2n) is 4.82. The molecule has 2 aromatic rings. The Kier molecular flexibility index (Phi) is 2.98. The summed E-state index contributed by atoms with van der Waals surface area (Å²) in [4.78, 5) is 10.5. The molecule has 1 aromatic carbocycles. The minimum absolute atomic E-state index is 0.113. The van der Waals surface area contributed by atoms with Crippen LogP contribution in [0.25, 0.3) is 0 Å². The zero-order valence-electron chi connectivity index (χ0n) is 10.7. The highest BCUT2D eigenvalue weighted by Crippen LogP contribution is 2.29. The Morgan fingerprint density at radius 3 is 2.80 bits per heavy atom. The van der Waals surface area contributed by atoms with Crippen molar-refractivity contribution in [2.75, 3.05) is 5.32 Å². The molecule has 1 aliphatic rings. The van der Waals surface area contributed by atoms with Crippen LogP contribution in [0.4, 0.5) is 17.1 Å². The van der Waals surface area contributed by atoms with Crippen LogP contribution in [0.5, 0.6) is 0 Å². The second-order valence-corrected chi connectivity index (χ2v) is 4.82. The van der Waals surface area contributed by atoms with Gasteiger partial charge in [-0.1, -0.05) is 6.07 Å². The zero-order valence-corrected chi connectivity index (χ0v) is 10.7. The van der Waals surface area contributed by atoms with Crippen molar-refractivity contribution in [2.24, 2.45) is 0 Å². The van der Waals surface area contributed by atoms with Crippen molar-refractivity contribution in [3.63, 3.8) is 0 Å². The maximum absolute atomic E-state index is 11.3. The summed E-state index contributed by atoms with van der Waals surface area (Å²) in [5, 5.41) is 25.2. The van der Waals surface area contributed by atoms with Gasteiger partial charge in [0.05, 0.1) is 11.0 Å². The van der Waals surface area contributed by atoms with Crippen LogP contribution in [-0.4, -0.2) is 4.92 Å². The Bertz CT molecular complexity index is 685. The quantitative estimate of drug-likeness (QED) is 0.402.